The molecule has 0 radical (unpaired) electrons. The zero-order valence-corrected chi connectivity index (χ0v) is 16.7. The summed E-state index contributed by atoms with van der Waals surface area (Å²) >= 11 is 0. The topological polar surface area (TPSA) is 0 Å². The molecular weight excluding hydrogens is 338 g/mol. The molecule has 0 fully saturated rings. The molecule has 0 N–H and O–H groups in total. The van der Waals surface area contributed by atoms with Gasteiger partial charge >= 0.3 is 127 Å². The molecule has 23 heavy (non-hydrogen) atoms. The van der Waals surface area contributed by atoms with Gasteiger partial charge in [0.2, 0.25) is 0 Å². The van der Waals surface area contributed by atoms with E-state index in [9.17, 15) is 0 Å². The van der Waals surface area contributed by atoms with Gasteiger partial charge in [0.25, 0.3) is 0 Å². The Labute approximate surface area is 149 Å². The Morgan fingerprint density at radius 1 is 0.565 bits per heavy atom. The van der Waals surface area contributed by atoms with Crippen LogP contribution in [-0.2, 0) is 0 Å². The molecule has 0 nitrogen and oxygen atoms in total. The summed E-state index contributed by atoms with van der Waals surface area (Å²) in [5, 5.41) is 4.47. The van der Waals surface area contributed by atoms with Crippen molar-refractivity contribution in [2.45, 2.75) is 6.92 Å². The summed E-state index contributed by atoms with van der Waals surface area (Å²) in [5.74, 6) is 0. The van der Waals surface area contributed by atoms with Crippen molar-refractivity contribution in [2.75, 3.05) is 6.16 Å². The molecule has 122 valence electrons. The van der Waals surface area contributed by atoms with Crippen LogP contribution < -0.4 is 15.9 Å². The molecule has 1 atom stereocenters. The van der Waals surface area contributed by atoms with Crippen LogP contribution in [0.5, 0.6) is 0 Å². The number of rotatable bonds is 4. The van der Waals surface area contributed by atoms with Gasteiger partial charge in [-0.25, -0.2) is 0 Å². The van der Waals surface area contributed by atoms with E-state index in [1.165, 1.54) is 22.1 Å². The minimum atomic E-state index is -1.90. The molecule has 3 heteroatoms. The van der Waals surface area contributed by atoms with Crippen LogP contribution in [0.25, 0.3) is 0 Å². The summed E-state index contributed by atoms with van der Waals surface area (Å²) in [5.41, 5.74) is 0. The smallest absolute Gasteiger partial charge is 0.147 e. The maximum atomic E-state index is 2.33. The minimum absolute atomic E-state index is 0. The van der Waals surface area contributed by atoms with Gasteiger partial charge in [-0.15, -0.1) is 12.4 Å². The van der Waals surface area contributed by atoms with Crippen LogP contribution in [0.1, 0.15) is 6.92 Å². The van der Waals surface area contributed by atoms with Crippen molar-refractivity contribution in [3.05, 3.63) is 91.0 Å². The van der Waals surface area contributed by atoms with Gasteiger partial charge in [-0.1, -0.05) is 0 Å². The van der Waals surface area contributed by atoms with Gasteiger partial charge in [0.05, 0.1) is 0 Å². The van der Waals surface area contributed by atoms with Crippen LogP contribution in [-0.4, -0.2) is 6.16 Å². The second kappa shape index (κ2) is 9.19. The zero-order valence-electron chi connectivity index (χ0n) is 13.5. The third kappa shape index (κ3) is 3.84. The van der Waals surface area contributed by atoms with Crippen molar-refractivity contribution < 1.29 is 0 Å². The van der Waals surface area contributed by atoms with E-state index >= 15 is 0 Å². The molecule has 0 heterocycles. The summed E-state index contributed by atoms with van der Waals surface area (Å²) in [4.78, 5) is 0. The predicted octanol–water partition coefficient (Wildman–Crippen LogP) is 4.21. The summed E-state index contributed by atoms with van der Waals surface area (Å²) in [6.07, 6.45) is 1.17. The van der Waals surface area contributed by atoms with Crippen molar-refractivity contribution in [1.29, 1.82) is 0 Å². The molecule has 3 aromatic rings. The van der Waals surface area contributed by atoms with E-state index in [1.807, 2.05) is 0 Å². The Morgan fingerprint density at radius 2 is 0.826 bits per heavy atom. The van der Waals surface area contributed by atoms with Crippen LogP contribution in [0.15, 0.2) is 91.0 Å². The Morgan fingerprint density at radius 3 is 1.04 bits per heavy atom. The Hall–Kier alpha value is -1.19. The van der Waals surface area contributed by atoms with Crippen LogP contribution in [0.3, 0.4) is 0 Å². The van der Waals surface area contributed by atoms with Gasteiger partial charge in [0.15, 0.2) is 0 Å². The van der Waals surface area contributed by atoms with E-state index in [0.29, 0.717) is 0 Å². The van der Waals surface area contributed by atoms with Crippen molar-refractivity contribution in [2.24, 2.45) is 0 Å². The predicted molar refractivity (Wildman–Crippen MR) is 115 cm³/mol. The number of halogens is 1. The average molecular weight is 363 g/mol. The van der Waals surface area contributed by atoms with Gasteiger partial charge in [-0.05, 0) is 0 Å². The minimum Gasteiger partial charge on any atom is -0.153 e. The van der Waals surface area contributed by atoms with E-state index in [1.54, 1.807) is 0 Å². The quantitative estimate of drug-likeness (QED) is 0.610. The molecule has 0 aliphatic rings. The SMILES string of the molecule is CC[PH](c1ccccc1)(c1ccccc1)c1ccccc1.Cl.P. The molecule has 0 aromatic heterocycles. The van der Waals surface area contributed by atoms with E-state index in [-0.39, 0.29) is 22.3 Å². The van der Waals surface area contributed by atoms with Gasteiger partial charge in [-0.2, -0.15) is 9.90 Å². The molecule has 1 unspecified atom stereocenters. The third-order valence-corrected chi connectivity index (χ3v) is 9.35. The van der Waals surface area contributed by atoms with Crippen molar-refractivity contribution in [3.63, 3.8) is 0 Å². The summed E-state index contributed by atoms with van der Waals surface area (Å²) < 4.78 is 0. The first-order valence-corrected chi connectivity index (χ1v) is 9.75. The fraction of sp³-hybridized carbons (Fsp3) is 0.100. The van der Waals surface area contributed by atoms with E-state index in [0.717, 1.165) is 0 Å². The molecule has 0 amide bonds. The summed E-state index contributed by atoms with van der Waals surface area (Å²) in [6.45, 7) is 2.33. The Bertz CT molecular complexity index is 588. The molecule has 0 saturated carbocycles. The number of hydrogen-bond acceptors (Lipinski definition) is 0. The van der Waals surface area contributed by atoms with E-state index in [4.69, 9.17) is 0 Å². The third-order valence-electron chi connectivity index (χ3n) is 4.33. The average Bonchev–Trinajstić information content (AvgIpc) is 2.59. The molecule has 0 bridgehead atoms. The van der Waals surface area contributed by atoms with Crippen molar-refractivity contribution in [1.82, 2.24) is 0 Å². The largest absolute Gasteiger partial charge is 0.153 e. The van der Waals surface area contributed by atoms with Crippen LogP contribution in [0.2, 0.25) is 0 Å². The van der Waals surface area contributed by atoms with Gasteiger partial charge in [0, 0.05) is 0 Å². The standard InChI is InChI=1S/C20H21P.ClH.H3P/c1-2-21(18-12-6-3-7-13-18,19-14-8-4-9-15-19)20-16-10-5-11-17-20;;/h3-17,21H,2H2,1H3;1H;1H3. The van der Waals surface area contributed by atoms with Gasteiger partial charge in [0.1, 0.15) is 0 Å². The first-order chi connectivity index (χ1) is 10.4. The zero-order chi connectivity index (χ0) is 14.5. The van der Waals surface area contributed by atoms with Crippen LogP contribution in [0.4, 0.5) is 0 Å². The van der Waals surface area contributed by atoms with Gasteiger partial charge < -0.3 is 0 Å². The Balaban J connectivity index is 0.00000132. The molecule has 0 aliphatic heterocycles. The first kappa shape index (κ1) is 19.9. The fourth-order valence-corrected chi connectivity index (χ4v) is 7.79. The second-order valence-corrected chi connectivity index (χ2v) is 9.61. The van der Waals surface area contributed by atoms with Gasteiger partial charge in [-0.3, -0.25) is 0 Å². The summed E-state index contributed by atoms with van der Waals surface area (Å²) in [6, 6.07) is 33.1. The molecule has 0 aliphatic carbocycles. The van der Waals surface area contributed by atoms with Crippen molar-refractivity contribution in [3.8, 4) is 0 Å². The number of benzene rings is 3. The molecule has 0 spiro atoms. The monoisotopic (exact) mass is 362 g/mol. The molecule has 3 aromatic carbocycles. The maximum absolute atomic E-state index is 2.33. The van der Waals surface area contributed by atoms with Crippen LogP contribution >= 0.6 is 29.6 Å². The van der Waals surface area contributed by atoms with E-state index in [2.05, 4.69) is 97.9 Å². The summed E-state index contributed by atoms with van der Waals surface area (Å²) in [7, 11) is -1.90. The normalized spacial score (nSPS) is 11.0. The van der Waals surface area contributed by atoms with E-state index < -0.39 is 7.26 Å². The maximum Gasteiger partial charge on any atom is -0.147 e. The molecule has 0 saturated heterocycles. The van der Waals surface area contributed by atoms with Crippen molar-refractivity contribution >= 4 is 45.5 Å². The molecular formula is C20H25ClP2. The van der Waals surface area contributed by atoms with Crippen LogP contribution in [0, 0.1) is 0 Å². The second-order valence-electron chi connectivity index (χ2n) is 5.36. The first-order valence-electron chi connectivity index (χ1n) is 7.54. The Kier molecular flexibility index (Phi) is 7.93. The molecule has 3 rings (SSSR count). The number of hydrogen-bond donors (Lipinski definition) is 0. The fourth-order valence-electron chi connectivity index (χ4n) is 3.28.